The lowest BCUT2D eigenvalue weighted by Crippen LogP contribution is -2.21. The minimum Gasteiger partial charge on any atom is -0.398 e. The fourth-order valence-electron chi connectivity index (χ4n) is 11.5. The quantitative estimate of drug-likeness (QED) is 0.0756. The lowest BCUT2D eigenvalue weighted by atomic mass is 9.82. The van der Waals surface area contributed by atoms with E-state index < -0.39 is 11.6 Å². The molecule has 0 fully saturated rings. The van der Waals surface area contributed by atoms with Crippen LogP contribution in [0.3, 0.4) is 0 Å². The summed E-state index contributed by atoms with van der Waals surface area (Å²) in [5, 5.41) is 26.4. The highest BCUT2D eigenvalue weighted by Gasteiger charge is 2.30. The maximum atomic E-state index is 12.7. The molecule has 3 aromatic heterocycles. The second-order valence-corrected chi connectivity index (χ2v) is 19.9. The molecular weight excluding hydrogens is 1080 g/mol. The number of hydrogen-bond acceptors (Lipinski definition) is 8. The van der Waals surface area contributed by atoms with Crippen molar-refractivity contribution < 1.29 is 9.59 Å². The molecule has 15 rings (SSSR count). The highest BCUT2D eigenvalue weighted by molar-refractivity contribution is 6.53. The first kappa shape index (κ1) is 55.7. The van der Waals surface area contributed by atoms with Gasteiger partial charge in [0.15, 0.2) is 11.2 Å². The third-order valence-corrected chi connectivity index (χ3v) is 15.4. The number of carbonyl (C=O) groups is 2. The minimum atomic E-state index is -0.438. The number of fused-ring (bicyclic) bond motifs is 15. The number of benzene rings is 11. The van der Waals surface area contributed by atoms with Gasteiger partial charge >= 0.3 is 5.82 Å². The molecule has 4 N–H and O–H groups in total. The Morgan fingerprint density at radius 1 is 0.430 bits per heavy atom. The number of halogens is 1. The van der Waals surface area contributed by atoms with E-state index >= 15 is 0 Å². The molecule has 1 aliphatic carbocycles. The number of allylic oxidation sites excluding steroid dienone is 1. The van der Waals surface area contributed by atoms with Crippen molar-refractivity contribution >= 4 is 106 Å². The number of ketones is 2. The third kappa shape index (κ3) is 9.39. The van der Waals surface area contributed by atoms with Crippen molar-refractivity contribution in [2.45, 2.75) is 7.43 Å². The van der Waals surface area contributed by atoms with E-state index in [0.29, 0.717) is 22.2 Å². The van der Waals surface area contributed by atoms with Crippen molar-refractivity contribution in [3.63, 3.8) is 0 Å². The van der Waals surface area contributed by atoms with Gasteiger partial charge in [-0.05, 0) is 117 Å². The molecule has 0 unspecified atom stereocenters. The Morgan fingerprint density at radius 2 is 0.826 bits per heavy atom. The van der Waals surface area contributed by atoms with Crippen LogP contribution < -0.4 is 11.5 Å². The summed E-state index contributed by atoms with van der Waals surface area (Å²) in [6.07, 6.45) is 0. The minimum absolute atomic E-state index is 0. The molecule has 0 aliphatic heterocycles. The van der Waals surface area contributed by atoms with E-state index in [9.17, 15) is 14.9 Å². The summed E-state index contributed by atoms with van der Waals surface area (Å²) >= 11 is 0. The first-order valence-corrected chi connectivity index (χ1v) is 26.6. The van der Waals surface area contributed by atoms with Crippen LogP contribution in [0.15, 0.2) is 242 Å². The van der Waals surface area contributed by atoms with Gasteiger partial charge < -0.3 is 30.3 Å². The molecule has 0 amide bonds. The van der Waals surface area contributed by atoms with E-state index in [4.69, 9.17) is 29.9 Å². The van der Waals surface area contributed by atoms with Crippen molar-refractivity contribution in [2.75, 3.05) is 0 Å². The van der Waals surface area contributed by atoms with E-state index in [2.05, 4.69) is 193 Å². The van der Waals surface area contributed by atoms with Gasteiger partial charge in [-0.3, -0.25) is 9.59 Å². The van der Waals surface area contributed by atoms with Gasteiger partial charge in [-0.1, -0.05) is 178 Å². The predicted octanol–water partition coefficient (Wildman–Crippen LogP) is 17.2. The third-order valence-electron chi connectivity index (χ3n) is 15.4. The maximum Gasteiger partial charge on any atom is 0.307 e. The summed E-state index contributed by atoms with van der Waals surface area (Å²) in [6, 6.07) is 82.2. The number of rotatable bonds is 4. The summed E-state index contributed by atoms with van der Waals surface area (Å²) in [5.74, 6) is -1.08. The lowest BCUT2D eigenvalue weighted by molar-refractivity contribution is 0.0815. The van der Waals surface area contributed by atoms with Crippen LogP contribution in [-0.4, -0.2) is 30.7 Å². The zero-order valence-corrected chi connectivity index (χ0v) is 45.7. The second kappa shape index (κ2) is 23.0. The normalized spacial score (nSPS) is 11.6. The summed E-state index contributed by atoms with van der Waals surface area (Å²) in [6.45, 7) is 13.7. The first-order valence-electron chi connectivity index (χ1n) is 26.6. The number of nitrogens with two attached hydrogens (primary N) is 2. The Morgan fingerprint density at radius 3 is 1.29 bits per heavy atom. The molecule has 11 aromatic carbocycles. The van der Waals surface area contributed by atoms with E-state index in [-0.39, 0.29) is 42.9 Å². The lowest BCUT2D eigenvalue weighted by Gasteiger charge is -2.19. The summed E-state index contributed by atoms with van der Waals surface area (Å²) in [7, 11) is 0. The van der Waals surface area contributed by atoms with Crippen LogP contribution in [0.1, 0.15) is 33.8 Å². The Hall–Kier alpha value is -12.2. The summed E-state index contributed by atoms with van der Waals surface area (Å²) in [4.78, 5) is 40.5. The molecule has 86 heavy (non-hydrogen) atoms. The second-order valence-electron chi connectivity index (χ2n) is 19.9. The molecule has 0 spiro atoms. The smallest absolute Gasteiger partial charge is 0.307 e. The Bertz CT molecular complexity index is 5190. The SMILES string of the molecule is C.Cl.O=C1C(=O)c2ccc(-c3ccc(-n4c5ccccc5c5ccccc54)cc3)cc2-c2ccccc21.[C-]#[N+]/C(N)=C(/N)C#N.[C-]#[N+]c1nc2c3ccccc3c3cc(-c4ccc(-n5c6ccccc6c6ccccc65)cc4)ccc3c2nc1C#N. The van der Waals surface area contributed by atoms with Gasteiger partial charge in [-0.25, -0.2) is 4.98 Å². The fraction of sp³-hybridized carbons (Fsp3) is 0.0137. The Kier molecular flexibility index (Phi) is 14.9. The van der Waals surface area contributed by atoms with Crippen LogP contribution in [-0.2, 0) is 0 Å². The number of para-hydroxylation sites is 4. The molecule has 14 aromatic rings. The van der Waals surface area contributed by atoms with Gasteiger partial charge in [-0.2, -0.15) is 10.5 Å². The van der Waals surface area contributed by atoms with Crippen LogP contribution in [0.5, 0.6) is 0 Å². The topological polar surface area (TPSA) is 178 Å². The van der Waals surface area contributed by atoms with Crippen LogP contribution in [0.25, 0.3) is 131 Å². The number of nitriles is 2. The number of hydrogen-bond donors (Lipinski definition) is 2. The molecule has 0 bridgehead atoms. The average molecular weight is 1130 g/mol. The molecule has 12 nitrogen and oxygen atoms in total. The van der Waals surface area contributed by atoms with Gasteiger partial charge in [-0.15, -0.1) is 17.4 Å². The largest absolute Gasteiger partial charge is 0.398 e. The van der Waals surface area contributed by atoms with Crippen LogP contribution >= 0.6 is 12.4 Å². The Balaban J connectivity index is 0.000000157. The predicted molar refractivity (Wildman–Crippen MR) is 347 cm³/mol. The summed E-state index contributed by atoms with van der Waals surface area (Å²) in [5.41, 5.74) is 24.7. The summed E-state index contributed by atoms with van der Waals surface area (Å²) < 4.78 is 4.61. The van der Waals surface area contributed by atoms with Gasteiger partial charge in [0.05, 0.1) is 22.1 Å². The van der Waals surface area contributed by atoms with Gasteiger partial charge in [0.1, 0.15) is 23.4 Å². The molecule has 1 aliphatic rings. The van der Waals surface area contributed by atoms with E-state index in [1.165, 1.54) is 49.7 Å². The standard InChI is InChI=1S/C36H19N5.C32H19NO2.C4H4N4.CH4.ClH/c1-38-36-31(21-37)39-34-29-19-16-23(20-30(29)25-8-2-3-11-28(25)35(34)40-36)22-14-17-24(18-15-22)41-32-12-6-4-9-26(32)27-10-5-7-13-33(27)41;34-31-26-10-2-1-7-23(26)28-19-21(15-18-27(28)32(31)35)20-13-16-22(17-14-20)33-29-11-5-3-8-24(29)25-9-4-6-12-30(25)33;1-8-4(7)3(6)2-5;;/h2-20H;1-19H;6-7H2;1H4;1H/b;;4-3+;;. The van der Waals surface area contributed by atoms with Crippen LogP contribution in [0.4, 0.5) is 5.82 Å². The molecule has 0 atom stereocenters. The van der Waals surface area contributed by atoms with E-state index in [1.54, 1.807) is 18.2 Å². The highest BCUT2D eigenvalue weighted by Crippen LogP contribution is 2.40. The number of aromatic nitrogens is 4. The van der Waals surface area contributed by atoms with Gasteiger partial charge in [0.2, 0.25) is 11.6 Å². The molecule has 0 radical (unpaired) electrons. The van der Waals surface area contributed by atoms with Crippen LogP contribution in [0, 0.1) is 35.8 Å². The van der Waals surface area contributed by atoms with Crippen molar-refractivity contribution in [3.8, 4) is 56.9 Å². The van der Waals surface area contributed by atoms with Gasteiger partial charge in [0, 0.05) is 54.8 Å². The number of Topliss-reactive ketones (excluding diaryl/α,β-unsaturated/α-hetero) is 2. The van der Waals surface area contributed by atoms with E-state index in [1.807, 2.05) is 54.6 Å². The van der Waals surface area contributed by atoms with E-state index in [0.717, 1.165) is 66.3 Å². The zero-order valence-electron chi connectivity index (χ0n) is 44.9. The van der Waals surface area contributed by atoms with Crippen molar-refractivity contribution in [3.05, 3.63) is 282 Å². The average Bonchev–Trinajstić information content (AvgIpc) is 1.59. The number of nitrogens with zero attached hydrogens (tertiary/aromatic N) is 8. The Labute approximate surface area is 500 Å². The van der Waals surface area contributed by atoms with Crippen LogP contribution in [0.2, 0.25) is 0 Å². The fourth-order valence-corrected chi connectivity index (χ4v) is 11.5. The monoisotopic (exact) mass is 1130 g/mol. The highest BCUT2D eigenvalue weighted by atomic mass is 35.5. The van der Waals surface area contributed by atoms with Crippen molar-refractivity contribution in [2.24, 2.45) is 11.5 Å². The van der Waals surface area contributed by atoms with Gasteiger partial charge in [0.25, 0.3) is 5.82 Å². The zero-order chi connectivity index (χ0) is 57.6. The number of carbonyl (C=O) groups excluding carboxylic acids is 2. The first-order chi connectivity index (χ1) is 41.2. The molecule has 3 heterocycles. The molecule has 0 saturated carbocycles. The van der Waals surface area contributed by atoms with Crippen molar-refractivity contribution in [1.29, 1.82) is 10.5 Å². The molecule has 0 saturated heterocycles. The molecule has 13 heteroatoms. The maximum absolute atomic E-state index is 12.7. The molecular formula is C73H47ClN10O2. The van der Waals surface area contributed by atoms with Crippen molar-refractivity contribution in [1.82, 2.24) is 19.1 Å². The molecule has 408 valence electrons.